The number of benzene rings is 3. The van der Waals surface area contributed by atoms with Crippen molar-refractivity contribution in [1.82, 2.24) is 25.1 Å². The number of hydrogen-bond donors (Lipinski definition) is 2. The minimum absolute atomic E-state index is 0.0328. The average Bonchev–Trinajstić information content (AvgIpc) is 3.29. The Bertz CT molecular complexity index is 1410. The number of amides is 4. The van der Waals surface area contributed by atoms with E-state index in [9.17, 15) is 19.5 Å². The molecule has 9 nitrogen and oxygen atoms in total. The number of hydrogen-bond acceptors (Lipinski definition) is 5. The molecular formula is C32H35N5O4. The second-order valence-electron chi connectivity index (χ2n) is 10.5. The van der Waals surface area contributed by atoms with Crippen LogP contribution in [-0.2, 0) is 29.1 Å². The molecular weight excluding hydrogens is 518 g/mol. The predicted molar refractivity (Wildman–Crippen MR) is 155 cm³/mol. The van der Waals surface area contributed by atoms with Crippen LogP contribution in [0.25, 0.3) is 0 Å². The quantitative estimate of drug-likeness (QED) is 0.396. The van der Waals surface area contributed by atoms with Crippen LogP contribution in [0.3, 0.4) is 0 Å². The lowest BCUT2D eigenvalue weighted by atomic mass is 9.99. The minimum atomic E-state index is -0.751. The zero-order valence-electron chi connectivity index (χ0n) is 23.1. The molecule has 0 bridgehead atoms. The van der Waals surface area contributed by atoms with Gasteiger partial charge in [-0.05, 0) is 35.7 Å². The van der Waals surface area contributed by atoms with Gasteiger partial charge in [0.05, 0.1) is 19.6 Å². The molecule has 41 heavy (non-hydrogen) atoms. The fraction of sp³-hybridized carbons (Fsp3) is 0.281. The number of piperazine rings is 1. The van der Waals surface area contributed by atoms with Gasteiger partial charge in [-0.2, -0.15) is 5.01 Å². The summed E-state index contributed by atoms with van der Waals surface area (Å²) < 4.78 is 0. The molecule has 4 amide bonds. The Morgan fingerprint density at radius 1 is 1.02 bits per heavy atom. The van der Waals surface area contributed by atoms with Crippen LogP contribution >= 0.6 is 0 Å². The number of phenols is 1. The zero-order chi connectivity index (χ0) is 28.9. The van der Waals surface area contributed by atoms with E-state index in [1.807, 2.05) is 61.5 Å². The Morgan fingerprint density at radius 2 is 1.76 bits per heavy atom. The van der Waals surface area contributed by atoms with Crippen LogP contribution in [0.1, 0.15) is 22.3 Å². The van der Waals surface area contributed by atoms with Crippen LogP contribution in [0.4, 0.5) is 4.79 Å². The zero-order valence-corrected chi connectivity index (χ0v) is 23.1. The maximum Gasteiger partial charge on any atom is 0.332 e. The van der Waals surface area contributed by atoms with Gasteiger partial charge in [-0.1, -0.05) is 78.4 Å². The Hall–Kier alpha value is -4.63. The molecule has 2 saturated heterocycles. The highest BCUT2D eigenvalue weighted by molar-refractivity contribution is 5.91. The summed E-state index contributed by atoms with van der Waals surface area (Å²) in [4.78, 5) is 44.3. The SMILES string of the molecule is C=CCN(C(=O)NCc1ccccc1)N1CC(=O)N2[C@@H](Cc3ccc(O)cc3)C(=O)N(Cc3cccc(C)c3)C[C@@H]21. The molecule has 3 aromatic carbocycles. The maximum atomic E-state index is 13.9. The van der Waals surface area contributed by atoms with Gasteiger partial charge in [0.1, 0.15) is 18.0 Å². The third kappa shape index (κ3) is 6.25. The predicted octanol–water partition coefficient (Wildman–Crippen LogP) is 3.44. The molecule has 2 aliphatic rings. The fourth-order valence-electron chi connectivity index (χ4n) is 5.57. The van der Waals surface area contributed by atoms with Crippen molar-refractivity contribution in [3.63, 3.8) is 0 Å². The second kappa shape index (κ2) is 12.3. The van der Waals surface area contributed by atoms with Gasteiger partial charge in [0.25, 0.3) is 0 Å². The van der Waals surface area contributed by atoms with E-state index >= 15 is 0 Å². The lowest BCUT2D eigenvalue weighted by Gasteiger charge is -2.46. The van der Waals surface area contributed by atoms with Crippen molar-refractivity contribution >= 4 is 17.8 Å². The van der Waals surface area contributed by atoms with Crippen molar-refractivity contribution in [1.29, 1.82) is 0 Å². The summed E-state index contributed by atoms with van der Waals surface area (Å²) in [5, 5.41) is 16.0. The molecule has 9 heteroatoms. The van der Waals surface area contributed by atoms with Crippen molar-refractivity contribution < 1.29 is 19.5 Å². The van der Waals surface area contributed by atoms with E-state index in [4.69, 9.17) is 0 Å². The van der Waals surface area contributed by atoms with E-state index in [0.29, 0.717) is 19.5 Å². The van der Waals surface area contributed by atoms with Gasteiger partial charge < -0.3 is 20.2 Å². The van der Waals surface area contributed by atoms with Crippen molar-refractivity contribution in [2.24, 2.45) is 0 Å². The first kappa shape index (κ1) is 27.9. The molecule has 2 aliphatic heterocycles. The van der Waals surface area contributed by atoms with E-state index in [-0.39, 0.29) is 43.2 Å². The smallest absolute Gasteiger partial charge is 0.332 e. The standard InChI is InChI=1S/C32H35N5O4/c1-3-16-35(32(41)33-19-25-9-5-4-6-10-25)36-22-30(39)37-28(18-24-12-14-27(38)15-13-24)31(40)34(21-29(36)37)20-26-11-7-8-23(2)17-26/h3-15,17,28-29,38H,1,16,18-22H2,2H3,(H,33,41)/t28-,29+/m0/s1. The van der Waals surface area contributed by atoms with E-state index in [1.165, 1.54) is 5.01 Å². The molecule has 0 saturated carbocycles. The molecule has 3 aromatic rings. The van der Waals surface area contributed by atoms with Crippen LogP contribution in [0.5, 0.6) is 5.75 Å². The lowest BCUT2D eigenvalue weighted by Crippen LogP contribution is -2.66. The van der Waals surface area contributed by atoms with Gasteiger partial charge >= 0.3 is 6.03 Å². The number of nitrogens with zero attached hydrogens (tertiary/aromatic N) is 4. The number of carbonyl (C=O) groups is 3. The Morgan fingerprint density at radius 3 is 2.46 bits per heavy atom. The normalized spacial score (nSPS) is 18.8. The van der Waals surface area contributed by atoms with Crippen molar-refractivity contribution in [3.8, 4) is 5.75 Å². The van der Waals surface area contributed by atoms with Gasteiger partial charge in [-0.3, -0.25) is 14.6 Å². The number of hydrazine groups is 1. The largest absolute Gasteiger partial charge is 0.508 e. The topological polar surface area (TPSA) is 96.4 Å². The third-order valence-electron chi connectivity index (χ3n) is 7.52. The number of aromatic hydroxyl groups is 1. The monoisotopic (exact) mass is 553 g/mol. The molecule has 0 aliphatic carbocycles. The van der Waals surface area contributed by atoms with Gasteiger partial charge in [0.15, 0.2) is 0 Å². The first-order chi connectivity index (χ1) is 19.8. The van der Waals surface area contributed by atoms with Crippen LogP contribution < -0.4 is 5.32 Å². The summed E-state index contributed by atoms with van der Waals surface area (Å²) in [5.74, 6) is -0.227. The molecule has 0 aromatic heterocycles. The average molecular weight is 554 g/mol. The minimum Gasteiger partial charge on any atom is -0.508 e. The first-order valence-electron chi connectivity index (χ1n) is 13.7. The Kier molecular flexibility index (Phi) is 8.35. The van der Waals surface area contributed by atoms with E-state index in [1.54, 1.807) is 45.2 Å². The summed E-state index contributed by atoms with van der Waals surface area (Å²) >= 11 is 0. The molecule has 2 N–H and O–H groups in total. The van der Waals surface area contributed by atoms with Crippen LogP contribution in [0.2, 0.25) is 0 Å². The molecule has 0 radical (unpaired) electrons. The third-order valence-corrected chi connectivity index (χ3v) is 7.52. The highest BCUT2D eigenvalue weighted by atomic mass is 16.3. The number of nitrogens with one attached hydrogen (secondary N) is 1. The van der Waals surface area contributed by atoms with Gasteiger partial charge in [-0.25, -0.2) is 4.79 Å². The number of urea groups is 1. The van der Waals surface area contributed by atoms with Gasteiger partial charge in [0, 0.05) is 19.5 Å². The second-order valence-corrected chi connectivity index (χ2v) is 10.5. The van der Waals surface area contributed by atoms with Gasteiger partial charge in [-0.15, -0.1) is 6.58 Å². The van der Waals surface area contributed by atoms with Crippen molar-refractivity contribution in [2.75, 3.05) is 19.6 Å². The molecule has 0 spiro atoms. The van der Waals surface area contributed by atoms with E-state index in [0.717, 1.165) is 22.3 Å². The maximum absolute atomic E-state index is 13.9. The number of carbonyl (C=O) groups excluding carboxylic acids is 3. The number of phenolic OH excluding ortho intramolecular Hbond substituents is 1. The molecule has 2 heterocycles. The van der Waals surface area contributed by atoms with Crippen LogP contribution in [-0.4, -0.2) is 74.6 Å². The molecule has 212 valence electrons. The summed E-state index contributed by atoms with van der Waals surface area (Å²) in [6, 6.07) is 23.2. The number of aryl methyl sites for hydroxylation is 1. The molecule has 2 atom stereocenters. The van der Waals surface area contributed by atoms with Crippen LogP contribution in [0, 0.1) is 6.92 Å². The van der Waals surface area contributed by atoms with Crippen molar-refractivity contribution in [3.05, 3.63) is 114 Å². The Labute approximate surface area is 240 Å². The molecule has 5 rings (SSSR count). The molecule has 2 fully saturated rings. The first-order valence-corrected chi connectivity index (χ1v) is 13.7. The van der Waals surface area contributed by atoms with Crippen LogP contribution in [0.15, 0.2) is 91.5 Å². The summed E-state index contributed by atoms with van der Waals surface area (Å²) in [5.41, 5.74) is 3.88. The fourth-order valence-corrected chi connectivity index (χ4v) is 5.57. The van der Waals surface area contributed by atoms with E-state index in [2.05, 4.69) is 11.9 Å². The summed E-state index contributed by atoms with van der Waals surface area (Å²) in [6.45, 7) is 6.99. The lowest BCUT2D eigenvalue weighted by molar-refractivity contribution is -0.157. The summed E-state index contributed by atoms with van der Waals surface area (Å²) in [7, 11) is 0. The molecule has 0 unspecified atom stereocenters. The number of fused-ring (bicyclic) bond motifs is 1. The van der Waals surface area contributed by atoms with Gasteiger partial charge in [0.2, 0.25) is 11.8 Å². The Balaban J connectivity index is 1.43. The van der Waals surface area contributed by atoms with Crippen molar-refractivity contribution in [2.45, 2.75) is 38.6 Å². The highest BCUT2D eigenvalue weighted by Gasteiger charge is 2.52. The van der Waals surface area contributed by atoms with E-state index < -0.39 is 12.2 Å². The number of rotatable bonds is 9. The highest BCUT2D eigenvalue weighted by Crippen LogP contribution is 2.30. The summed E-state index contributed by atoms with van der Waals surface area (Å²) in [6.07, 6.45) is 1.39.